The van der Waals surface area contributed by atoms with Crippen LogP contribution in [0.1, 0.15) is 23.7 Å². The van der Waals surface area contributed by atoms with Crippen molar-refractivity contribution in [3.63, 3.8) is 0 Å². The van der Waals surface area contributed by atoms with Gasteiger partial charge in [-0.3, -0.25) is 4.79 Å². The lowest BCUT2D eigenvalue weighted by Gasteiger charge is -1.89. The lowest BCUT2D eigenvalue weighted by Crippen LogP contribution is -1.95. The summed E-state index contributed by atoms with van der Waals surface area (Å²) in [7, 11) is 0. The van der Waals surface area contributed by atoms with E-state index in [9.17, 15) is 4.79 Å². The molecule has 0 fully saturated rings. The van der Waals surface area contributed by atoms with E-state index in [-0.39, 0.29) is 12.2 Å². The van der Waals surface area contributed by atoms with Crippen LogP contribution in [0.3, 0.4) is 0 Å². The lowest BCUT2D eigenvalue weighted by atomic mass is 10.2. The summed E-state index contributed by atoms with van der Waals surface area (Å²) in [4.78, 5) is 11.3. The minimum atomic E-state index is -0.0232. The second-order valence-corrected chi connectivity index (χ2v) is 2.85. The van der Waals surface area contributed by atoms with E-state index in [2.05, 4.69) is 27.8 Å². The molecule has 62 valence electrons. The zero-order valence-corrected chi connectivity index (χ0v) is 8.14. The third-order valence-corrected chi connectivity index (χ3v) is 1.96. The average Bonchev–Trinajstić information content (AvgIpc) is 2.47. The van der Waals surface area contributed by atoms with Crippen LogP contribution in [0, 0.1) is 11.8 Å². The second kappa shape index (κ2) is 4.13. The van der Waals surface area contributed by atoms with Crippen LogP contribution in [0.5, 0.6) is 0 Å². The Morgan fingerprint density at radius 3 is 3.00 bits per heavy atom. The smallest absolute Gasteiger partial charge is 0.179 e. The summed E-state index contributed by atoms with van der Waals surface area (Å²) in [5.74, 6) is 5.34. The number of furan rings is 1. The Morgan fingerprint density at radius 2 is 2.50 bits per heavy atom. The van der Waals surface area contributed by atoms with Crippen LogP contribution in [0.2, 0.25) is 0 Å². The van der Waals surface area contributed by atoms with E-state index in [1.807, 2.05) is 0 Å². The Bertz CT molecular complexity index is 341. The minimum Gasteiger partial charge on any atom is -0.457 e. The van der Waals surface area contributed by atoms with Crippen molar-refractivity contribution in [2.24, 2.45) is 0 Å². The number of Topliss-reactive ketones (excluding diaryl/α,β-unsaturated/α-hetero) is 1. The normalized spacial score (nSPS) is 8.83. The van der Waals surface area contributed by atoms with Crippen molar-refractivity contribution < 1.29 is 9.21 Å². The Balaban J connectivity index is 2.76. The highest BCUT2D eigenvalue weighted by atomic mass is 79.9. The molecule has 0 amide bonds. The molecular weight excluding hydrogens is 220 g/mol. The van der Waals surface area contributed by atoms with Gasteiger partial charge in [0.05, 0.1) is 18.2 Å². The summed E-state index contributed by atoms with van der Waals surface area (Å²) in [6, 6.07) is 1.63. The van der Waals surface area contributed by atoms with Crippen molar-refractivity contribution in [2.75, 3.05) is 0 Å². The summed E-state index contributed by atoms with van der Waals surface area (Å²) in [6.07, 6.45) is 1.71. The molecule has 1 aromatic rings. The van der Waals surface area contributed by atoms with Crippen molar-refractivity contribution in [3.8, 4) is 11.8 Å². The predicted molar refractivity (Wildman–Crippen MR) is 48.8 cm³/mol. The van der Waals surface area contributed by atoms with Gasteiger partial charge < -0.3 is 4.42 Å². The van der Waals surface area contributed by atoms with Crippen LogP contribution < -0.4 is 0 Å². The second-order valence-electron chi connectivity index (χ2n) is 2.13. The highest BCUT2D eigenvalue weighted by molar-refractivity contribution is 9.10. The first-order valence-corrected chi connectivity index (χ1v) is 4.21. The van der Waals surface area contributed by atoms with Gasteiger partial charge in [-0.1, -0.05) is 5.92 Å². The van der Waals surface area contributed by atoms with Gasteiger partial charge in [0, 0.05) is 0 Å². The Morgan fingerprint density at radius 1 is 1.75 bits per heavy atom. The molecule has 0 N–H and O–H groups in total. The average molecular weight is 227 g/mol. The molecule has 2 nitrogen and oxygen atoms in total. The summed E-state index contributed by atoms with van der Waals surface area (Å²) in [5.41, 5.74) is 0.553. The molecule has 0 radical (unpaired) electrons. The maximum absolute atomic E-state index is 11.3. The van der Waals surface area contributed by atoms with E-state index < -0.39 is 0 Å². The summed E-state index contributed by atoms with van der Waals surface area (Å²) < 4.78 is 5.39. The fraction of sp³-hybridized carbons (Fsp3) is 0.222. The van der Waals surface area contributed by atoms with Gasteiger partial charge in [0.25, 0.3) is 0 Å². The molecule has 1 heterocycles. The van der Waals surface area contributed by atoms with Gasteiger partial charge in [-0.2, -0.15) is 0 Å². The Kier molecular flexibility index (Phi) is 3.12. The minimum absolute atomic E-state index is 0.0232. The SMILES string of the molecule is CC#CCC(=O)c1ccoc1Br. The van der Waals surface area contributed by atoms with Crippen LogP contribution in [-0.4, -0.2) is 5.78 Å². The molecule has 0 atom stereocenters. The number of rotatable bonds is 2. The van der Waals surface area contributed by atoms with Crippen LogP contribution in [0.4, 0.5) is 0 Å². The van der Waals surface area contributed by atoms with Gasteiger partial charge in [-0.15, -0.1) is 5.92 Å². The molecule has 0 spiro atoms. The van der Waals surface area contributed by atoms with Crippen molar-refractivity contribution >= 4 is 21.7 Å². The zero-order chi connectivity index (χ0) is 8.97. The number of hydrogen-bond acceptors (Lipinski definition) is 2. The van der Waals surface area contributed by atoms with Gasteiger partial charge >= 0.3 is 0 Å². The molecule has 0 aliphatic heterocycles. The zero-order valence-electron chi connectivity index (χ0n) is 6.56. The molecule has 0 aliphatic carbocycles. The molecule has 0 aliphatic rings. The van der Waals surface area contributed by atoms with Gasteiger partial charge in [0.2, 0.25) is 0 Å². The number of carbonyl (C=O) groups is 1. The molecule has 1 aromatic heterocycles. The standard InChI is InChI=1S/C9H7BrO2/c1-2-3-4-8(11)7-5-6-12-9(7)10/h5-6H,4H2,1H3. The molecule has 1 rings (SSSR count). The number of carbonyl (C=O) groups excluding carboxylic acids is 1. The Labute approximate surface area is 79.1 Å². The van der Waals surface area contributed by atoms with Crippen molar-refractivity contribution in [2.45, 2.75) is 13.3 Å². The van der Waals surface area contributed by atoms with Gasteiger partial charge in [-0.05, 0) is 28.9 Å². The first-order valence-electron chi connectivity index (χ1n) is 3.41. The molecule has 0 bridgehead atoms. The van der Waals surface area contributed by atoms with Gasteiger partial charge in [0.15, 0.2) is 10.5 Å². The quantitative estimate of drug-likeness (QED) is 0.574. The fourth-order valence-electron chi connectivity index (χ4n) is 0.757. The van der Waals surface area contributed by atoms with E-state index >= 15 is 0 Å². The van der Waals surface area contributed by atoms with Crippen LogP contribution >= 0.6 is 15.9 Å². The third-order valence-electron chi connectivity index (χ3n) is 1.34. The van der Waals surface area contributed by atoms with Crippen molar-refractivity contribution in [3.05, 3.63) is 22.6 Å². The molecule has 3 heteroatoms. The van der Waals surface area contributed by atoms with Crippen LogP contribution in [-0.2, 0) is 0 Å². The summed E-state index contributed by atoms with van der Waals surface area (Å²) in [5, 5.41) is 0. The third kappa shape index (κ3) is 1.99. The number of ketones is 1. The van der Waals surface area contributed by atoms with Gasteiger partial charge in [-0.25, -0.2) is 0 Å². The monoisotopic (exact) mass is 226 g/mol. The fourth-order valence-corrected chi connectivity index (χ4v) is 1.22. The van der Waals surface area contributed by atoms with E-state index in [1.54, 1.807) is 13.0 Å². The van der Waals surface area contributed by atoms with E-state index in [4.69, 9.17) is 4.42 Å². The predicted octanol–water partition coefficient (Wildman–Crippen LogP) is 2.64. The van der Waals surface area contributed by atoms with Crippen LogP contribution in [0.15, 0.2) is 21.4 Å². The lowest BCUT2D eigenvalue weighted by molar-refractivity contribution is 0.0996. The summed E-state index contributed by atoms with van der Waals surface area (Å²) >= 11 is 3.12. The maximum Gasteiger partial charge on any atom is 0.179 e. The molecule has 0 saturated heterocycles. The molecule has 12 heavy (non-hydrogen) atoms. The molecular formula is C9H7BrO2. The van der Waals surface area contributed by atoms with E-state index in [0.717, 1.165) is 0 Å². The molecule has 0 aromatic carbocycles. The topological polar surface area (TPSA) is 30.2 Å². The molecule has 0 saturated carbocycles. The number of hydrogen-bond donors (Lipinski definition) is 0. The van der Waals surface area contributed by atoms with Crippen molar-refractivity contribution in [1.29, 1.82) is 0 Å². The maximum atomic E-state index is 11.3. The largest absolute Gasteiger partial charge is 0.457 e. The first-order chi connectivity index (χ1) is 5.75. The van der Waals surface area contributed by atoms with E-state index in [0.29, 0.717) is 10.2 Å². The summed E-state index contributed by atoms with van der Waals surface area (Å²) in [6.45, 7) is 1.71. The first kappa shape index (κ1) is 9.08. The van der Waals surface area contributed by atoms with E-state index in [1.165, 1.54) is 6.26 Å². The molecule has 0 unspecified atom stereocenters. The number of halogens is 1. The van der Waals surface area contributed by atoms with Crippen LogP contribution in [0.25, 0.3) is 0 Å². The highest BCUT2D eigenvalue weighted by Gasteiger charge is 2.10. The van der Waals surface area contributed by atoms with Crippen molar-refractivity contribution in [1.82, 2.24) is 0 Å². The Hall–Kier alpha value is -1.01. The van der Waals surface area contributed by atoms with Gasteiger partial charge in [0.1, 0.15) is 0 Å². The highest BCUT2D eigenvalue weighted by Crippen LogP contribution is 2.18.